The van der Waals surface area contributed by atoms with E-state index >= 15 is 0 Å². The van der Waals surface area contributed by atoms with E-state index in [4.69, 9.17) is 11.5 Å². The van der Waals surface area contributed by atoms with Gasteiger partial charge >= 0.3 is 6.36 Å². The van der Waals surface area contributed by atoms with E-state index in [1.807, 2.05) is 0 Å². The number of ether oxygens (including phenoxy) is 1. The van der Waals surface area contributed by atoms with E-state index in [0.29, 0.717) is 6.07 Å². The van der Waals surface area contributed by atoms with Crippen molar-refractivity contribution in [2.75, 3.05) is 5.73 Å². The van der Waals surface area contributed by atoms with Crippen molar-refractivity contribution in [1.29, 1.82) is 0 Å². The Bertz CT molecular complexity index is 407. The lowest BCUT2D eigenvalue weighted by Crippen LogP contribution is -2.19. The predicted octanol–water partition coefficient (Wildman–Crippen LogP) is 1.96. The molecule has 0 unspecified atom stereocenters. The molecule has 0 saturated heterocycles. The maximum Gasteiger partial charge on any atom is 0.573 e. The Hall–Kier alpha value is -1.64. The third kappa shape index (κ3) is 3.41. The molecule has 0 aliphatic rings. The van der Waals surface area contributed by atoms with Crippen molar-refractivity contribution < 1.29 is 26.7 Å². The van der Waals surface area contributed by atoms with Crippen molar-refractivity contribution in [3.63, 3.8) is 0 Å². The number of aromatic nitrogens is 1. The van der Waals surface area contributed by atoms with Gasteiger partial charge in [0, 0.05) is 12.1 Å². The van der Waals surface area contributed by atoms with Gasteiger partial charge in [0.25, 0.3) is 6.43 Å². The fourth-order valence-corrected chi connectivity index (χ4v) is 1.09. The number of nitrogens with zero attached hydrogens (tertiary/aromatic N) is 1. The van der Waals surface area contributed by atoms with E-state index in [2.05, 4.69) is 9.72 Å². The quantitative estimate of drug-likeness (QED) is 0.812. The summed E-state index contributed by atoms with van der Waals surface area (Å²) in [6, 6.07) is 0.706. The molecule has 0 fully saturated rings. The standard InChI is InChI=1S/C8H8F5N3O/c9-6(10)5-4(17-8(11,12)13)1-3(2-14)7(15)16-5/h1,6H,2,14H2,(H2,15,16). The molecular weight excluding hydrogens is 249 g/mol. The molecule has 4 nitrogen and oxygen atoms in total. The zero-order chi connectivity index (χ0) is 13.2. The molecule has 0 saturated carbocycles. The van der Waals surface area contributed by atoms with Crippen LogP contribution in [0.3, 0.4) is 0 Å². The lowest BCUT2D eigenvalue weighted by atomic mass is 10.2. The first-order chi connectivity index (χ1) is 7.74. The smallest absolute Gasteiger partial charge is 0.404 e. The maximum atomic E-state index is 12.4. The van der Waals surface area contributed by atoms with Gasteiger partial charge in [-0.1, -0.05) is 0 Å². The molecule has 17 heavy (non-hydrogen) atoms. The van der Waals surface area contributed by atoms with E-state index < -0.39 is 24.2 Å². The van der Waals surface area contributed by atoms with Gasteiger partial charge in [-0.05, 0) is 6.07 Å². The lowest BCUT2D eigenvalue weighted by molar-refractivity contribution is -0.275. The molecule has 0 spiro atoms. The monoisotopic (exact) mass is 257 g/mol. The minimum Gasteiger partial charge on any atom is -0.404 e. The zero-order valence-corrected chi connectivity index (χ0v) is 8.26. The highest BCUT2D eigenvalue weighted by molar-refractivity contribution is 5.46. The van der Waals surface area contributed by atoms with E-state index in [1.165, 1.54) is 0 Å². The lowest BCUT2D eigenvalue weighted by Gasteiger charge is -2.14. The highest BCUT2D eigenvalue weighted by Crippen LogP contribution is 2.33. The Labute approximate surface area is 92.4 Å². The molecule has 9 heteroatoms. The molecule has 0 bridgehead atoms. The topological polar surface area (TPSA) is 74.2 Å². The summed E-state index contributed by atoms with van der Waals surface area (Å²) in [7, 11) is 0. The highest BCUT2D eigenvalue weighted by atomic mass is 19.4. The number of anilines is 1. The van der Waals surface area contributed by atoms with Crippen LogP contribution < -0.4 is 16.2 Å². The van der Waals surface area contributed by atoms with Gasteiger partial charge < -0.3 is 16.2 Å². The Kier molecular flexibility index (Phi) is 3.71. The molecule has 1 rings (SSSR count). The molecule has 1 aromatic rings. The van der Waals surface area contributed by atoms with Gasteiger partial charge in [0.15, 0.2) is 11.4 Å². The van der Waals surface area contributed by atoms with Gasteiger partial charge in [0.2, 0.25) is 0 Å². The van der Waals surface area contributed by atoms with Crippen LogP contribution >= 0.6 is 0 Å². The van der Waals surface area contributed by atoms with Gasteiger partial charge in [0.05, 0.1) is 0 Å². The first-order valence-electron chi connectivity index (χ1n) is 4.28. The van der Waals surface area contributed by atoms with Crippen LogP contribution in [0.2, 0.25) is 0 Å². The minimum atomic E-state index is -5.09. The average molecular weight is 257 g/mol. The second-order valence-corrected chi connectivity index (χ2v) is 2.97. The second-order valence-electron chi connectivity index (χ2n) is 2.97. The molecular formula is C8H8F5N3O. The van der Waals surface area contributed by atoms with Crippen molar-refractivity contribution in [2.45, 2.75) is 19.3 Å². The number of pyridine rings is 1. The number of nitrogens with two attached hydrogens (primary N) is 2. The Morgan fingerprint density at radius 3 is 2.35 bits per heavy atom. The minimum absolute atomic E-state index is 0.00588. The van der Waals surface area contributed by atoms with Crippen LogP contribution in [0.4, 0.5) is 27.8 Å². The molecule has 0 radical (unpaired) electrons. The van der Waals surface area contributed by atoms with Gasteiger partial charge in [-0.25, -0.2) is 13.8 Å². The van der Waals surface area contributed by atoms with Crippen LogP contribution in [-0.2, 0) is 6.54 Å². The number of hydrogen-bond donors (Lipinski definition) is 2. The van der Waals surface area contributed by atoms with Crippen LogP contribution in [0.5, 0.6) is 5.75 Å². The summed E-state index contributed by atoms with van der Waals surface area (Å²) in [5, 5.41) is 0. The van der Waals surface area contributed by atoms with Crippen molar-refractivity contribution in [2.24, 2.45) is 5.73 Å². The number of rotatable bonds is 3. The van der Waals surface area contributed by atoms with Crippen molar-refractivity contribution in [3.05, 3.63) is 17.3 Å². The average Bonchev–Trinajstić information content (AvgIpc) is 2.17. The number of nitrogen functional groups attached to an aromatic ring is 1. The fourth-order valence-electron chi connectivity index (χ4n) is 1.09. The Morgan fingerprint density at radius 1 is 1.35 bits per heavy atom. The van der Waals surface area contributed by atoms with E-state index in [9.17, 15) is 22.0 Å². The van der Waals surface area contributed by atoms with Crippen molar-refractivity contribution >= 4 is 5.82 Å². The first-order valence-corrected chi connectivity index (χ1v) is 4.28. The van der Waals surface area contributed by atoms with E-state index in [0.717, 1.165) is 0 Å². The summed E-state index contributed by atoms with van der Waals surface area (Å²) < 4.78 is 64.2. The van der Waals surface area contributed by atoms with Gasteiger partial charge in [-0.3, -0.25) is 0 Å². The molecule has 0 amide bonds. The van der Waals surface area contributed by atoms with E-state index in [-0.39, 0.29) is 17.9 Å². The second kappa shape index (κ2) is 4.70. The highest BCUT2D eigenvalue weighted by Gasteiger charge is 2.34. The molecule has 1 heterocycles. The fraction of sp³-hybridized carbons (Fsp3) is 0.375. The van der Waals surface area contributed by atoms with Crippen LogP contribution in [-0.4, -0.2) is 11.3 Å². The summed E-state index contributed by atoms with van der Waals surface area (Å²) in [5.41, 5.74) is 9.23. The van der Waals surface area contributed by atoms with Crippen molar-refractivity contribution in [3.8, 4) is 5.75 Å². The van der Waals surface area contributed by atoms with E-state index in [1.54, 1.807) is 0 Å². The normalized spacial score (nSPS) is 11.9. The van der Waals surface area contributed by atoms with Crippen LogP contribution in [0, 0.1) is 0 Å². The van der Waals surface area contributed by atoms with Gasteiger partial charge in [0.1, 0.15) is 5.82 Å². The SMILES string of the molecule is NCc1cc(OC(F)(F)F)c(C(F)F)nc1N. The molecule has 96 valence electrons. The van der Waals surface area contributed by atoms with Gasteiger partial charge in [-0.15, -0.1) is 13.2 Å². The molecule has 0 aliphatic carbocycles. The first kappa shape index (κ1) is 13.4. The summed E-state index contributed by atoms with van der Waals surface area (Å²) in [4.78, 5) is 3.15. The largest absolute Gasteiger partial charge is 0.573 e. The summed E-state index contributed by atoms with van der Waals surface area (Å²) in [6.45, 7) is -0.240. The predicted molar refractivity (Wildman–Crippen MR) is 48.2 cm³/mol. The molecule has 1 aromatic heterocycles. The molecule has 0 atom stereocenters. The third-order valence-electron chi connectivity index (χ3n) is 1.78. The molecule has 0 aromatic carbocycles. The third-order valence-corrected chi connectivity index (χ3v) is 1.78. The number of halogens is 5. The molecule has 4 N–H and O–H groups in total. The summed E-state index contributed by atoms with van der Waals surface area (Å²) in [6.07, 6.45) is -8.32. The Morgan fingerprint density at radius 2 is 1.94 bits per heavy atom. The van der Waals surface area contributed by atoms with Crippen LogP contribution in [0.25, 0.3) is 0 Å². The van der Waals surface area contributed by atoms with Crippen LogP contribution in [0.15, 0.2) is 6.07 Å². The van der Waals surface area contributed by atoms with Gasteiger partial charge in [-0.2, -0.15) is 0 Å². The van der Waals surface area contributed by atoms with Crippen LogP contribution in [0.1, 0.15) is 17.7 Å². The number of hydrogen-bond acceptors (Lipinski definition) is 4. The molecule has 0 aliphatic heterocycles. The zero-order valence-electron chi connectivity index (χ0n) is 8.26. The number of alkyl halides is 5. The Balaban J connectivity index is 3.24. The summed E-state index contributed by atoms with van der Waals surface area (Å²) >= 11 is 0. The summed E-state index contributed by atoms with van der Waals surface area (Å²) in [5.74, 6) is -1.44. The maximum absolute atomic E-state index is 12.4. The van der Waals surface area contributed by atoms with Crippen molar-refractivity contribution in [1.82, 2.24) is 4.98 Å².